The van der Waals surface area contributed by atoms with Crippen molar-refractivity contribution in [3.05, 3.63) is 71.3 Å². The molecule has 0 unspecified atom stereocenters. The highest BCUT2D eigenvalue weighted by Gasteiger charge is 2.31. The third kappa shape index (κ3) is 3.71. The predicted octanol–water partition coefficient (Wildman–Crippen LogP) is 4.86. The second-order valence-corrected chi connectivity index (χ2v) is 11.3. The Balaban J connectivity index is 1.37. The summed E-state index contributed by atoms with van der Waals surface area (Å²) < 4.78 is 27.8. The first-order chi connectivity index (χ1) is 15.3. The normalized spacial score (nSPS) is 21.1. The molecule has 0 aromatic heterocycles. The van der Waals surface area contributed by atoms with Crippen LogP contribution in [0.4, 0.5) is 5.69 Å². The van der Waals surface area contributed by atoms with Crippen LogP contribution in [0.15, 0.2) is 59.5 Å². The Kier molecular flexibility index (Phi) is 5.30. The van der Waals surface area contributed by atoms with Crippen molar-refractivity contribution in [1.29, 1.82) is 0 Å². The van der Waals surface area contributed by atoms with Crippen molar-refractivity contribution in [2.24, 2.45) is 11.8 Å². The van der Waals surface area contributed by atoms with Crippen molar-refractivity contribution < 1.29 is 13.2 Å². The van der Waals surface area contributed by atoms with Gasteiger partial charge in [0.2, 0.25) is 10.0 Å². The number of hydrogen-bond acceptors (Lipinski definition) is 3. The average Bonchev–Trinajstić information content (AvgIpc) is 3.20. The Hall–Kier alpha value is -2.70. The van der Waals surface area contributed by atoms with Gasteiger partial charge in [-0.2, -0.15) is 4.31 Å². The number of rotatable bonds is 4. The number of amides is 1. The van der Waals surface area contributed by atoms with Gasteiger partial charge in [0.1, 0.15) is 0 Å². The van der Waals surface area contributed by atoms with Gasteiger partial charge < -0.3 is 5.32 Å². The number of aryl methyl sites for hydroxylation is 2. The molecule has 0 radical (unpaired) electrons. The molecular weight excluding hydrogens is 420 g/mol. The van der Waals surface area contributed by atoms with Gasteiger partial charge in [-0.1, -0.05) is 38.1 Å². The van der Waals surface area contributed by atoms with Gasteiger partial charge in [0.05, 0.1) is 4.90 Å². The van der Waals surface area contributed by atoms with Gasteiger partial charge in [-0.25, -0.2) is 8.42 Å². The first kappa shape index (κ1) is 21.2. The topological polar surface area (TPSA) is 66.5 Å². The largest absolute Gasteiger partial charge is 0.321 e. The first-order valence-corrected chi connectivity index (χ1v) is 12.7. The first-order valence-electron chi connectivity index (χ1n) is 11.3. The van der Waals surface area contributed by atoms with E-state index in [1.165, 1.54) is 16.5 Å². The summed E-state index contributed by atoms with van der Waals surface area (Å²) in [6.07, 6.45) is 3.12. The molecule has 2 aliphatic rings. The van der Waals surface area contributed by atoms with Crippen molar-refractivity contribution in [3.8, 4) is 0 Å². The highest BCUT2D eigenvalue weighted by Crippen LogP contribution is 2.35. The van der Waals surface area contributed by atoms with Gasteiger partial charge in [0.25, 0.3) is 5.91 Å². The Labute approximate surface area is 189 Å². The number of carbonyl (C=O) groups excluding carboxylic acids is 1. The summed E-state index contributed by atoms with van der Waals surface area (Å²) in [4.78, 5) is 13.2. The van der Waals surface area contributed by atoms with Crippen LogP contribution in [0.3, 0.4) is 0 Å². The molecular formula is C26H28N2O3S. The third-order valence-corrected chi connectivity index (χ3v) is 8.56. The number of anilines is 1. The maximum atomic E-state index is 13.1. The smallest absolute Gasteiger partial charge is 0.255 e. The quantitative estimate of drug-likeness (QED) is 0.620. The number of sulfonamides is 1. The van der Waals surface area contributed by atoms with Gasteiger partial charge in [-0.05, 0) is 77.9 Å². The van der Waals surface area contributed by atoms with E-state index in [1.807, 2.05) is 18.2 Å². The molecule has 1 heterocycles. The molecule has 166 valence electrons. The second kappa shape index (κ2) is 8.01. The van der Waals surface area contributed by atoms with Crippen LogP contribution in [-0.4, -0.2) is 31.7 Å². The molecule has 1 saturated heterocycles. The van der Waals surface area contributed by atoms with E-state index in [2.05, 4.69) is 31.3 Å². The minimum Gasteiger partial charge on any atom is -0.321 e. The zero-order valence-corrected chi connectivity index (χ0v) is 19.3. The fraction of sp³-hybridized carbons (Fsp3) is 0.346. The van der Waals surface area contributed by atoms with Gasteiger partial charge in [-0.15, -0.1) is 0 Å². The van der Waals surface area contributed by atoms with Gasteiger partial charge in [0, 0.05) is 29.7 Å². The van der Waals surface area contributed by atoms with Gasteiger partial charge in [-0.3, -0.25) is 4.79 Å². The van der Waals surface area contributed by atoms with E-state index < -0.39 is 10.0 Å². The van der Waals surface area contributed by atoms with Crippen molar-refractivity contribution >= 4 is 32.4 Å². The molecule has 32 heavy (non-hydrogen) atoms. The summed E-state index contributed by atoms with van der Waals surface area (Å²) in [7, 11) is -3.56. The zero-order chi connectivity index (χ0) is 22.5. The molecule has 5 rings (SSSR count). The Morgan fingerprint density at radius 2 is 1.56 bits per heavy atom. The molecule has 1 aliphatic heterocycles. The summed E-state index contributed by atoms with van der Waals surface area (Å²) in [6, 6.07) is 16.5. The number of piperidine rings is 1. The summed E-state index contributed by atoms with van der Waals surface area (Å²) in [5, 5.41) is 5.32. The van der Waals surface area contributed by atoms with Crippen molar-refractivity contribution in [2.45, 2.75) is 38.0 Å². The number of carbonyl (C=O) groups is 1. The number of benzene rings is 3. The van der Waals surface area contributed by atoms with Crippen LogP contribution in [0.25, 0.3) is 10.8 Å². The molecule has 1 aliphatic carbocycles. The lowest BCUT2D eigenvalue weighted by molar-refractivity contribution is 0.102. The van der Waals surface area contributed by atoms with E-state index >= 15 is 0 Å². The summed E-state index contributed by atoms with van der Waals surface area (Å²) in [5.41, 5.74) is 3.87. The van der Waals surface area contributed by atoms with E-state index in [4.69, 9.17) is 0 Å². The monoisotopic (exact) mass is 448 g/mol. The van der Waals surface area contributed by atoms with E-state index in [1.54, 1.807) is 28.6 Å². The molecule has 1 fully saturated rings. The molecule has 3 aromatic rings. The molecule has 5 nitrogen and oxygen atoms in total. The van der Waals surface area contributed by atoms with Gasteiger partial charge in [0.15, 0.2) is 0 Å². The Morgan fingerprint density at radius 1 is 0.906 bits per heavy atom. The maximum absolute atomic E-state index is 13.1. The molecule has 2 atom stereocenters. The molecule has 0 saturated carbocycles. The van der Waals surface area contributed by atoms with Crippen molar-refractivity contribution in [2.75, 3.05) is 18.4 Å². The van der Waals surface area contributed by atoms with Crippen LogP contribution >= 0.6 is 0 Å². The predicted molar refractivity (Wildman–Crippen MR) is 127 cm³/mol. The lowest BCUT2D eigenvalue weighted by Gasteiger charge is -2.34. The highest BCUT2D eigenvalue weighted by molar-refractivity contribution is 7.89. The van der Waals surface area contributed by atoms with E-state index in [0.717, 1.165) is 30.3 Å². The molecule has 6 heteroatoms. The molecule has 0 spiro atoms. The van der Waals surface area contributed by atoms with Crippen LogP contribution in [0, 0.1) is 11.8 Å². The van der Waals surface area contributed by atoms with Crippen LogP contribution in [0.2, 0.25) is 0 Å². The lowest BCUT2D eigenvalue weighted by atomic mass is 9.94. The number of nitrogens with one attached hydrogen (secondary N) is 1. The zero-order valence-electron chi connectivity index (χ0n) is 18.5. The molecule has 1 N–H and O–H groups in total. The molecule has 1 amide bonds. The summed E-state index contributed by atoms with van der Waals surface area (Å²) in [6.45, 7) is 5.26. The standard InChI is InChI=1S/C26H28N2O3S/c1-17-14-18(2)16-28(15-17)32(30,31)22-11-8-21(9-12-22)26(29)27-24-13-10-20-7-6-19-4-3-5-23(24)25(19)20/h3-5,8-13,17-18H,6-7,14-16H2,1-2H3,(H,27,29)/t17-,18-/m1/s1. The lowest BCUT2D eigenvalue weighted by Crippen LogP contribution is -2.42. The van der Waals surface area contributed by atoms with Crippen LogP contribution < -0.4 is 5.32 Å². The average molecular weight is 449 g/mol. The number of hydrogen-bond donors (Lipinski definition) is 1. The number of nitrogens with zero attached hydrogens (tertiary/aromatic N) is 1. The van der Waals surface area contributed by atoms with Crippen molar-refractivity contribution in [3.63, 3.8) is 0 Å². The second-order valence-electron chi connectivity index (χ2n) is 9.36. The third-order valence-electron chi connectivity index (χ3n) is 6.71. The van der Waals surface area contributed by atoms with Gasteiger partial charge >= 0.3 is 0 Å². The highest BCUT2D eigenvalue weighted by atomic mass is 32.2. The summed E-state index contributed by atoms with van der Waals surface area (Å²) in [5.74, 6) is 0.445. The van der Waals surface area contributed by atoms with Crippen LogP contribution in [-0.2, 0) is 22.9 Å². The molecule has 0 bridgehead atoms. The molecule has 3 aromatic carbocycles. The van der Waals surface area contributed by atoms with Crippen LogP contribution in [0.1, 0.15) is 41.8 Å². The van der Waals surface area contributed by atoms with E-state index in [-0.39, 0.29) is 10.8 Å². The van der Waals surface area contributed by atoms with Crippen molar-refractivity contribution in [1.82, 2.24) is 4.31 Å². The maximum Gasteiger partial charge on any atom is 0.255 e. The van der Waals surface area contributed by atoms with E-state index in [9.17, 15) is 13.2 Å². The fourth-order valence-electron chi connectivity index (χ4n) is 5.28. The Bertz CT molecular complexity index is 1280. The Morgan fingerprint density at radius 3 is 2.25 bits per heavy atom. The fourth-order valence-corrected chi connectivity index (χ4v) is 6.96. The van der Waals surface area contributed by atoms with Crippen LogP contribution in [0.5, 0.6) is 0 Å². The van der Waals surface area contributed by atoms with E-state index in [0.29, 0.717) is 30.5 Å². The minimum absolute atomic E-state index is 0.237. The minimum atomic E-state index is -3.56. The summed E-state index contributed by atoms with van der Waals surface area (Å²) >= 11 is 0. The SMILES string of the molecule is C[C@@H]1C[C@@H](C)CN(S(=O)(=O)c2ccc(C(=O)Nc3ccc4c5c(cccc35)CC4)cc2)C1.